The summed E-state index contributed by atoms with van der Waals surface area (Å²) in [7, 11) is -3.14. The Bertz CT molecular complexity index is 1090. The third-order valence-corrected chi connectivity index (χ3v) is 5.67. The molecule has 0 unspecified atom stereocenters. The largest absolute Gasteiger partial charge is 0.268 e. The van der Waals surface area contributed by atoms with Crippen LogP contribution in [0.5, 0.6) is 0 Å². The zero-order valence-corrected chi connectivity index (χ0v) is 15.0. The van der Waals surface area contributed by atoms with Gasteiger partial charge in [-0.05, 0) is 24.3 Å². The molecule has 1 heterocycles. The number of hydrogen-bond donors (Lipinski definition) is 0. The van der Waals surface area contributed by atoms with E-state index in [9.17, 15) is 17.6 Å². The highest BCUT2D eigenvalue weighted by Crippen LogP contribution is 2.22. The minimum absolute atomic E-state index is 0.0579. The van der Waals surface area contributed by atoms with Gasteiger partial charge >= 0.3 is 0 Å². The molecule has 0 aliphatic rings. The summed E-state index contributed by atoms with van der Waals surface area (Å²) in [6, 6.07) is 12.7. The molecule has 0 N–H and O–H groups in total. The highest BCUT2D eigenvalue weighted by atomic mass is 32.2. The first-order valence-corrected chi connectivity index (χ1v) is 10.5. The predicted molar refractivity (Wildman–Crippen MR) is 97.7 cm³/mol. The minimum atomic E-state index is -3.14. The van der Waals surface area contributed by atoms with E-state index in [-0.39, 0.29) is 22.3 Å². The predicted octanol–water partition coefficient (Wildman–Crippen LogP) is 2.66. The van der Waals surface area contributed by atoms with Crippen LogP contribution in [-0.4, -0.2) is 35.7 Å². The topological polar surface area (TPSA) is 69.0 Å². The number of sulfone groups is 1. The second kappa shape index (κ2) is 6.97. The van der Waals surface area contributed by atoms with E-state index in [1.165, 1.54) is 22.8 Å². The Morgan fingerprint density at radius 3 is 2.52 bits per heavy atom. The number of halogens is 1. The van der Waals surface area contributed by atoms with Crippen LogP contribution in [0.1, 0.15) is 0 Å². The molecule has 1 aromatic heterocycles. The van der Waals surface area contributed by atoms with E-state index in [4.69, 9.17) is 0 Å². The molecule has 0 fully saturated rings. The van der Waals surface area contributed by atoms with E-state index in [1.54, 1.807) is 30.3 Å². The van der Waals surface area contributed by atoms with Crippen molar-refractivity contribution in [3.05, 3.63) is 64.7 Å². The summed E-state index contributed by atoms with van der Waals surface area (Å²) in [4.78, 5) is 17.3. The fraction of sp³-hybridized carbons (Fsp3) is 0.176. The molecule has 3 aromatic rings. The van der Waals surface area contributed by atoms with Gasteiger partial charge in [0.25, 0.3) is 5.56 Å². The average molecular weight is 378 g/mol. The Morgan fingerprint density at radius 2 is 1.80 bits per heavy atom. The standard InChI is InChI=1S/C17H15FN2O3S2/c1-25(22,23)11-10-24-17-19-14-8-4-2-6-12(14)16(21)20(17)15-9-5-3-7-13(15)18/h2-9H,10-11H2,1H3. The number of rotatable bonds is 5. The van der Waals surface area contributed by atoms with E-state index in [0.29, 0.717) is 10.9 Å². The van der Waals surface area contributed by atoms with Crippen molar-refractivity contribution in [1.82, 2.24) is 9.55 Å². The SMILES string of the molecule is CS(=O)(=O)CCSc1nc2ccccc2c(=O)n1-c1ccccc1F. The number of hydrogen-bond acceptors (Lipinski definition) is 5. The smallest absolute Gasteiger partial charge is 0.266 e. The van der Waals surface area contributed by atoms with Crippen LogP contribution in [0, 0.1) is 5.82 Å². The third kappa shape index (κ3) is 3.91. The Balaban J connectivity index is 2.18. The molecule has 0 atom stereocenters. The molecular weight excluding hydrogens is 363 g/mol. The molecule has 0 spiro atoms. The summed E-state index contributed by atoms with van der Waals surface area (Å²) >= 11 is 1.11. The van der Waals surface area contributed by atoms with Crippen LogP contribution < -0.4 is 5.56 Å². The van der Waals surface area contributed by atoms with Gasteiger partial charge in [0, 0.05) is 12.0 Å². The van der Waals surface area contributed by atoms with E-state index in [2.05, 4.69) is 4.98 Å². The summed E-state index contributed by atoms with van der Waals surface area (Å²) < 4.78 is 38.1. The maximum Gasteiger partial charge on any atom is 0.266 e. The van der Waals surface area contributed by atoms with E-state index >= 15 is 0 Å². The summed E-state index contributed by atoms with van der Waals surface area (Å²) in [5.74, 6) is -0.387. The number of thioether (sulfide) groups is 1. The van der Waals surface area contributed by atoms with Gasteiger partial charge in [-0.1, -0.05) is 36.0 Å². The lowest BCUT2D eigenvalue weighted by atomic mass is 10.2. The number of benzene rings is 2. The van der Waals surface area contributed by atoms with Crippen molar-refractivity contribution < 1.29 is 12.8 Å². The lowest BCUT2D eigenvalue weighted by Gasteiger charge is -2.13. The summed E-state index contributed by atoms with van der Waals surface area (Å²) in [5.41, 5.74) is 0.187. The quantitative estimate of drug-likeness (QED) is 0.504. The van der Waals surface area contributed by atoms with Gasteiger partial charge < -0.3 is 0 Å². The summed E-state index contributed by atoms with van der Waals surface area (Å²) in [6.45, 7) is 0. The Labute approximate surface area is 148 Å². The molecule has 0 radical (unpaired) electrons. The fourth-order valence-electron chi connectivity index (χ4n) is 2.34. The van der Waals surface area contributed by atoms with E-state index < -0.39 is 21.2 Å². The van der Waals surface area contributed by atoms with Gasteiger partial charge in [0.2, 0.25) is 0 Å². The zero-order valence-electron chi connectivity index (χ0n) is 13.3. The Morgan fingerprint density at radius 1 is 1.12 bits per heavy atom. The van der Waals surface area contributed by atoms with Gasteiger partial charge in [0.1, 0.15) is 15.7 Å². The molecule has 3 rings (SSSR count). The molecule has 25 heavy (non-hydrogen) atoms. The zero-order chi connectivity index (χ0) is 18.0. The summed E-state index contributed by atoms with van der Waals surface area (Å²) in [5, 5.41) is 0.635. The molecule has 8 heteroatoms. The van der Waals surface area contributed by atoms with E-state index in [0.717, 1.165) is 18.0 Å². The maximum absolute atomic E-state index is 14.3. The Hall–Kier alpha value is -2.19. The van der Waals surface area contributed by atoms with Gasteiger partial charge in [0.15, 0.2) is 5.16 Å². The van der Waals surface area contributed by atoms with Gasteiger partial charge in [-0.2, -0.15) is 0 Å². The molecular formula is C17H15FN2O3S2. The molecule has 5 nitrogen and oxygen atoms in total. The van der Waals surface area contributed by atoms with Crippen LogP contribution in [0.3, 0.4) is 0 Å². The minimum Gasteiger partial charge on any atom is -0.268 e. The van der Waals surface area contributed by atoms with Gasteiger partial charge in [-0.15, -0.1) is 0 Å². The number of fused-ring (bicyclic) bond motifs is 1. The van der Waals surface area contributed by atoms with Crippen molar-refractivity contribution in [3.8, 4) is 5.69 Å². The molecule has 0 bridgehead atoms. The number of para-hydroxylation sites is 2. The van der Waals surface area contributed by atoms with Crippen LogP contribution in [-0.2, 0) is 9.84 Å². The van der Waals surface area contributed by atoms with E-state index in [1.807, 2.05) is 0 Å². The number of nitrogens with zero attached hydrogens (tertiary/aromatic N) is 2. The molecule has 0 aliphatic carbocycles. The third-order valence-electron chi connectivity index (χ3n) is 3.52. The summed E-state index contributed by atoms with van der Waals surface area (Å²) in [6.07, 6.45) is 1.14. The lowest BCUT2D eigenvalue weighted by Crippen LogP contribution is -2.23. The first-order valence-electron chi connectivity index (χ1n) is 7.44. The maximum atomic E-state index is 14.3. The van der Waals surface area contributed by atoms with Crippen molar-refractivity contribution in [3.63, 3.8) is 0 Å². The van der Waals surface area contributed by atoms with Gasteiger partial charge in [0.05, 0.1) is 22.3 Å². The Kier molecular flexibility index (Phi) is 4.91. The average Bonchev–Trinajstić information content (AvgIpc) is 2.55. The van der Waals surface area contributed by atoms with Crippen molar-refractivity contribution in [2.24, 2.45) is 0 Å². The van der Waals surface area contributed by atoms with Crippen molar-refractivity contribution >= 4 is 32.5 Å². The van der Waals surface area contributed by atoms with Crippen LogP contribution in [0.15, 0.2) is 58.5 Å². The fourth-order valence-corrected chi connectivity index (χ4v) is 4.54. The van der Waals surface area contributed by atoms with Crippen LogP contribution in [0.4, 0.5) is 4.39 Å². The highest BCUT2D eigenvalue weighted by molar-refractivity contribution is 8.00. The van der Waals surface area contributed by atoms with Gasteiger partial charge in [-0.3, -0.25) is 9.36 Å². The van der Waals surface area contributed by atoms with Crippen molar-refractivity contribution in [2.75, 3.05) is 17.8 Å². The highest BCUT2D eigenvalue weighted by Gasteiger charge is 2.16. The lowest BCUT2D eigenvalue weighted by molar-refractivity contribution is 0.603. The molecule has 130 valence electrons. The second-order valence-electron chi connectivity index (χ2n) is 5.48. The molecule has 0 saturated carbocycles. The first kappa shape index (κ1) is 17.6. The van der Waals surface area contributed by atoms with Crippen molar-refractivity contribution in [2.45, 2.75) is 5.16 Å². The van der Waals surface area contributed by atoms with Crippen LogP contribution in [0.2, 0.25) is 0 Å². The first-order chi connectivity index (χ1) is 11.9. The normalized spacial score (nSPS) is 11.8. The molecule has 0 saturated heterocycles. The number of aromatic nitrogens is 2. The van der Waals surface area contributed by atoms with Gasteiger partial charge in [-0.25, -0.2) is 17.8 Å². The molecule has 2 aromatic carbocycles. The second-order valence-corrected chi connectivity index (χ2v) is 8.80. The molecule has 0 aliphatic heterocycles. The van der Waals surface area contributed by atoms with Crippen molar-refractivity contribution in [1.29, 1.82) is 0 Å². The monoisotopic (exact) mass is 378 g/mol. The van der Waals surface area contributed by atoms with Crippen LogP contribution >= 0.6 is 11.8 Å². The van der Waals surface area contributed by atoms with Crippen LogP contribution in [0.25, 0.3) is 16.6 Å². The molecule has 0 amide bonds.